The van der Waals surface area contributed by atoms with E-state index in [-0.39, 0.29) is 24.4 Å². The Morgan fingerprint density at radius 1 is 1.03 bits per heavy atom. The van der Waals surface area contributed by atoms with Gasteiger partial charge in [-0.3, -0.25) is 4.79 Å². The van der Waals surface area contributed by atoms with Crippen molar-refractivity contribution in [1.29, 1.82) is 0 Å². The summed E-state index contributed by atoms with van der Waals surface area (Å²) in [6, 6.07) is 9.09. The zero-order valence-electron chi connectivity index (χ0n) is 20.8. The molecule has 2 N–H and O–H groups in total. The van der Waals surface area contributed by atoms with Gasteiger partial charge in [0.05, 0.1) is 12.5 Å². The third-order valence-electron chi connectivity index (χ3n) is 7.58. The molecule has 0 amide bonds. The number of unbranched alkanes of at least 4 members (excludes halogenated alkanes) is 5. The second-order valence-corrected chi connectivity index (χ2v) is 10.0. The molecule has 2 aliphatic rings. The minimum Gasteiger partial charge on any atom is -0.465 e. The molecule has 0 radical (unpaired) electrons. The minimum absolute atomic E-state index is 0.0532. The molecule has 2 fully saturated rings. The van der Waals surface area contributed by atoms with Crippen LogP contribution in [0.15, 0.2) is 30.3 Å². The van der Waals surface area contributed by atoms with E-state index in [4.69, 9.17) is 9.47 Å². The normalized spacial score (nSPS) is 21.2. The van der Waals surface area contributed by atoms with Crippen molar-refractivity contribution >= 4 is 11.9 Å². The lowest BCUT2D eigenvalue weighted by Gasteiger charge is -2.33. The first kappa shape index (κ1) is 26.7. The summed E-state index contributed by atoms with van der Waals surface area (Å²) in [5.41, 5.74) is -1.12. The van der Waals surface area contributed by atoms with Crippen molar-refractivity contribution in [1.82, 2.24) is 5.32 Å². The third kappa shape index (κ3) is 7.05. The number of aliphatic hydroxyl groups is 1. The van der Waals surface area contributed by atoms with Crippen LogP contribution in [0.3, 0.4) is 0 Å². The Labute approximate surface area is 204 Å². The molecule has 1 heterocycles. The van der Waals surface area contributed by atoms with Crippen LogP contribution < -0.4 is 5.32 Å². The summed E-state index contributed by atoms with van der Waals surface area (Å²) in [5, 5.41) is 14.9. The number of nitrogens with one attached hydrogen (secondary N) is 1. The van der Waals surface area contributed by atoms with E-state index in [1.807, 2.05) is 18.2 Å². The quantitative estimate of drug-likeness (QED) is 0.300. The number of rotatable bonds is 14. The maximum atomic E-state index is 13.3. The van der Waals surface area contributed by atoms with Gasteiger partial charge in [0.2, 0.25) is 0 Å². The van der Waals surface area contributed by atoms with Crippen molar-refractivity contribution in [2.45, 2.75) is 83.2 Å². The lowest BCUT2D eigenvalue weighted by Crippen LogP contribution is -2.45. The topological polar surface area (TPSA) is 84.9 Å². The number of ether oxygens (including phenoxy) is 2. The molecular formula is C28H43NO5. The van der Waals surface area contributed by atoms with E-state index in [1.54, 1.807) is 12.1 Å². The Morgan fingerprint density at radius 3 is 2.41 bits per heavy atom. The first-order valence-electron chi connectivity index (χ1n) is 13.4. The van der Waals surface area contributed by atoms with Gasteiger partial charge in [-0.15, -0.1) is 0 Å². The molecular weight excluding hydrogens is 430 g/mol. The van der Waals surface area contributed by atoms with Gasteiger partial charge >= 0.3 is 11.9 Å². The van der Waals surface area contributed by atoms with Crippen LogP contribution in [0.4, 0.5) is 0 Å². The molecule has 3 rings (SSSR count). The van der Waals surface area contributed by atoms with Crippen LogP contribution in [0.25, 0.3) is 0 Å². The molecule has 6 nitrogen and oxygen atoms in total. The van der Waals surface area contributed by atoms with Crippen LogP contribution in [0.2, 0.25) is 0 Å². The summed E-state index contributed by atoms with van der Waals surface area (Å²) in [7, 11) is 0. The largest absolute Gasteiger partial charge is 0.465 e. The van der Waals surface area contributed by atoms with E-state index in [2.05, 4.69) is 12.2 Å². The Balaban J connectivity index is 1.59. The van der Waals surface area contributed by atoms with Crippen LogP contribution in [-0.4, -0.2) is 43.3 Å². The molecule has 6 heteroatoms. The van der Waals surface area contributed by atoms with Crippen molar-refractivity contribution in [2.75, 3.05) is 26.3 Å². The van der Waals surface area contributed by atoms with Gasteiger partial charge in [0, 0.05) is 5.92 Å². The van der Waals surface area contributed by atoms with Crippen molar-refractivity contribution in [2.24, 2.45) is 17.8 Å². The maximum Gasteiger partial charge on any atom is 0.343 e. The minimum atomic E-state index is -1.68. The molecule has 0 spiro atoms. The molecule has 190 valence electrons. The van der Waals surface area contributed by atoms with Gasteiger partial charge in [0.25, 0.3) is 0 Å². The lowest BCUT2D eigenvalue weighted by molar-refractivity contribution is -0.178. The summed E-state index contributed by atoms with van der Waals surface area (Å²) in [6.45, 7) is 4.10. The van der Waals surface area contributed by atoms with Crippen molar-refractivity contribution in [3.05, 3.63) is 35.9 Å². The van der Waals surface area contributed by atoms with Gasteiger partial charge in [0.1, 0.15) is 6.61 Å². The molecule has 1 aromatic rings. The highest BCUT2D eigenvalue weighted by Crippen LogP contribution is 2.41. The van der Waals surface area contributed by atoms with E-state index in [0.717, 1.165) is 57.9 Å². The number of esters is 2. The van der Waals surface area contributed by atoms with Crippen molar-refractivity contribution in [3.8, 4) is 0 Å². The fourth-order valence-electron chi connectivity index (χ4n) is 5.41. The van der Waals surface area contributed by atoms with E-state index >= 15 is 0 Å². The predicted octanol–water partition coefficient (Wildman–Crippen LogP) is 4.74. The van der Waals surface area contributed by atoms with Gasteiger partial charge < -0.3 is 19.9 Å². The highest BCUT2D eigenvalue weighted by Gasteiger charge is 2.48. The standard InChI is InChI=1S/C28H43NO5/c1-2-3-4-5-6-12-19-33-26(30)25(22-17-18-29-20-22)21-34-27(31)28(32,24-15-10-11-16-24)23-13-8-7-9-14-23/h7-9,13-14,22,24-25,29,32H,2-6,10-12,15-21H2,1H3. The first-order valence-corrected chi connectivity index (χ1v) is 13.4. The average Bonchev–Trinajstić information content (AvgIpc) is 3.59. The van der Waals surface area contributed by atoms with Gasteiger partial charge in [-0.25, -0.2) is 4.79 Å². The number of hydrogen-bond donors (Lipinski definition) is 2. The molecule has 1 aliphatic heterocycles. The number of benzene rings is 1. The van der Waals surface area contributed by atoms with E-state index in [9.17, 15) is 14.7 Å². The zero-order chi connectivity index (χ0) is 24.2. The third-order valence-corrected chi connectivity index (χ3v) is 7.58. The second-order valence-electron chi connectivity index (χ2n) is 10.0. The van der Waals surface area contributed by atoms with Gasteiger partial charge in [-0.05, 0) is 50.3 Å². The molecule has 34 heavy (non-hydrogen) atoms. The summed E-state index contributed by atoms with van der Waals surface area (Å²) in [6.07, 6.45) is 11.2. The Morgan fingerprint density at radius 2 is 1.74 bits per heavy atom. The smallest absolute Gasteiger partial charge is 0.343 e. The molecule has 0 aromatic heterocycles. The molecule has 1 aromatic carbocycles. The van der Waals surface area contributed by atoms with Crippen LogP contribution >= 0.6 is 0 Å². The van der Waals surface area contributed by atoms with Gasteiger partial charge in [-0.1, -0.05) is 82.2 Å². The van der Waals surface area contributed by atoms with E-state index in [0.29, 0.717) is 18.7 Å². The number of carbonyl (C=O) groups excluding carboxylic acids is 2. The molecule has 3 atom stereocenters. The highest BCUT2D eigenvalue weighted by atomic mass is 16.6. The van der Waals surface area contributed by atoms with E-state index < -0.39 is 17.5 Å². The van der Waals surface area contributed by atoms with Gasteiger partial charge in [0.15, 0.2) is 5.60 Å². The fraction of sp³-hybridized carbons (Fsp3) is 0.714. The van der Waals surface area contributed by atoms with Crippen LogP contribution in [0, 0.1) is 17.8 Å². The summed E-state index contributed by atoms with van der Waals surface area (Å²) in [5.74, 6) is -1.55. The first-order chi connectivity index (χ1) is 16.6. The van der Waals surface area contributed by atoms with Crippen molar-refractivity contribution in [3.63, 3.8) is 0 Å². The van der Waals surface area contributed by atoms with E-state index in [1.165, 1.54) is 19.3 Å². The zero-order valence-corrected chi connectivity index (χ0v) is 20.8. The molecule has 3 unspecified atom stereocenters. The molecule has 0 bridgehead atoms. The summed E-state index contributed by atoms with van der Waals surface area (Å²) < 4.78 is 11.3. The average molecular weight is 474 g/mol. The van der Waals surface area contributed by atoms with Crippen LogP contribution in [0.1, 0.15) is 83.1 Å². The fourth-order valence-corrected chi connectivity index (χ4v) is 5.41. The summed E-state index contributed by atoms with van der Waals surface area (Å²) in [4.78, 5) is 26.3. The predicted molar refractivity (Wildman–Crippen MR) is 132 cm³/mol. The molecule has 1 saturated heterocycles. The van der Waals surface area contributed by atoms with Gasteiger partial charge in [-0.2, -0.15) is 0 Å². The van der Waals surface area contributed by atoms with Crippen molar-refractivity contribution < 1.29 is 24.2 Å². The van der Waals surface area contributed by atoms with Crippen LogP contribution in [-0.2, 0) is 24.7 Å². The second kappa shape index (κ2) is 13.8. The summed E-state index contributed by atoms with van der Waals surface area (Å²) >= 11 is 0. The van der Waals surface area contributed by atoms with Crippen LogP contribution in [0.5, 0.6) is 0 Å². The lowest BCUT2D eigenvalue weighted by atomic mass is 9.80. The number of carbonyl (C=O) groups is 2. The monoisotopic (exact) mass is 473 g/mol. The highest BCUT2D eigenvalue weighted by molar-refractivity contribution is 5.82. The molecule has 1 saturated carbocycles. The maximum absolute atomic E-state index is 13.3. The molecule has 1 aliphatic carbocycles. The number of hydrogen-bond acceptors (Lipinski definition) is 6. The Hall–Kier alpha value is -1.92. The Kier molecular flexibility index (Phi) is 10.9. The Bertz CT molecular complexity index is 742. The SMILES string of the molecule is CCCCCCCCOC(=O)C(COC(=O)C(O)(c1ccccc1)C1CCCC1)C1CCNC1.